The third-order valence-corrected chi connectivity index (χ3v) is 9.34. The van der Waals surface area contributed by atoms with Crippen LogP contribution in [0.3, 0.4) is 0 Å². The van der Waals surface area contributed by atoms with Crippen LogP contribution in [0, 0.1) is 40.9 Å². The molecule has 3 saturated carbocycles. The molecule has 0 radical (unpaired) electrons. The van der Waals surface area contributed by atoms with Crippen LogP contribution in [0.5, 0.6) is 0 Å². The van der Waals surface area contributed by atoms with E-state index in [1.165, 1.54) is 63.4 Å². The Balaban J connectivity index is 0.00000341. The van der Waals surface area contributed by atoms with Crippen molar-refractivity contribution in [1.82, 2.24) is 0 Å². The van der Waals surface area contributed by atoms with E-state index in [0.29, 0.717) is 17.3 Å². The molecular formula is C30H50. The summed E-state index contributed by atoms with van der Waals surface area (Å²) in [6, 6.07) is 0. The second kappa shape index (κ2) is 10.1. The standard InChI is InChI=1S/C30H48.H2/c1-8-25-14-13-23(5)27(20-25)16-15-26-10-9-19-30(7)28(17-18-29(26)30)24(6)12-11-22(4)21(2)3;/h11-12,15-16,21-22,24-25,28-29H,5,8-10,13-14,17-20H2,1-4,6-7H3;1H/b12-11+,26-15+,27-16-;/t22-,24+,25-,28+,29-,30+;/m0./s1. The Labute approximate surface area is 189 Å². The van der Waals surface area contributed by atoms with Gasteiger partial charge in [-0.25, -0.2) is 0 Å². The van der Waals surface area contributed by atoms with Crippen molar-refractivity contribution in [2.45, 2.75) is 99.3 Å². The summed E-state index contributed by atoms with van der Waals surface area (Å²) in [4.78, 5) is 0. The normalized spacial score (nSPS) is 37.3. The molecule has 0 unspecified atom stereocenters. The van der Waals surface area contributed by atoms with E-state index < -0.39 is 0 Å². The lowest BCUT2D eigenvalue weighted by Gasteiger charge is -2.44. The van der Waals surface area contributed by atoms with Crippen LogP contribution in [-0.4, -0.2) is 0 Å². The van der Waals surface area contributed by atoms with Crippen molar-refractivity contribution in [3.05, 3.63) is 47.6 Å². The van der Waals surface area contributed by atoms with Gasteiger partial charge in [0.25, 0.3) is 0 Å². The molecule has 0 aromatic heterocycles. The Morgan fingerprint density at radius 1 is 1.07 bits per heavy atom. The predicted octanol–water partition coefficient (Wildman–Crippen LogP) is 9.55. The fourth-order valence-corrected chi connectivity index (χ4v) is 6.69. The van der Waals surface area contributed by atoms with Crippen molar-refractivity contribution >= 4 is 0 Å². The van der Waals surface area contributed by atoms with Crippen molar-refractivity contribution in [1.29, 1.82) is 0 Å². The summed E-state index contributed by atoms with van der Waals surface area (Å²) in [6.07, 6.45) is 22.1. The van der Waals surface area contributed by atoms with Gasteiger partial charge in [-0.3, -0.25) is 0 Å². The first kappa shape index (κ1) is 23.6. The summed E-state index contributed by atoms with van der Waals surface area (Å²) in [7, 11) is 0. The lowest BCUT2D eigenvalue weighted by atomic mass is 9.61. The maximum atomic E-state index is 4.39. The molecule has 3 aliphatic rings. The molecule has 3 fully saturated rings. The second-order valence-corrected chi connectivity index (χ2v) is 11.5. The zero-order chi connectivity index (χ0) is 21.9. The highest BCUT2D eigenvalue weighted by Gasteiger charge is 2.50. The molecule has 3 aliphatic carbocycles. The van der Waals surface area contributed by atoms with E-state index in [9.17, 15) is 0 Å². The van der Waals surface area contributed by atoms with Crippen LogP contribution in [-0.2, 0) is 0 Å². The summed E-state index contributed by atoms with van der Waals surface area (Å²) in [6.45, 7) is 18.9. The minimum Gasteiger partial charge on any atom is -0.0956 e. The first-order chi connectivity index (χ1) is 14.3. The number of fused-ring (bicyclic) bond motifs is 1. The lowest BCUT2D eigenvalue weighted by Crippen LogP contribution is -2.35. The smallest absolute Gasteiger partial charge is 0 e. The molecule has 0 N–H and O–H groups in total. The molecule has 0 aliphatic heterocycles. The van der Waals surface area contributed by atoms with Crippen molar-refractivity contribution in [3.63, 3.8) is 0 Å². The fourth-order valence-electron chi connectivity index (χ4n) is 6.69. The van der Waals surface area contributed by atoms with E-state index in [4.69, 9.17) is 0 Å². The van der Waals surface area contributed by atoms with Crippen molar-refractivity contribution in [2.75, 3.05) is 0 Å². The molecule has 0 aromatic rings. The molecule has 6 atom stereocenters. The Bertz CT molecular complexity index is 693. The van der Waals surface area contributed by atoms with Crippen LogP contribution in [0.15, 0.2) is 47.6 Å². The molecule has 3 rings (SSSR count). The molecule has 0 nitrogen and oxygen atoms in total. The van der Waals surface area contributed by atoms with Gasteiger partial charge in [0, 0.05) is 1.43 Å². The van der Waals surface area contributed by atoms with E-state index in [0.717, 1.165) is 23.7 Å². The largest absolute Gasteiger partial charge is 0.0956 e. The van der Waals surface area contributed by atoms with Crippen LogP contribution in [0.4, 0.5) is 0 Å². The van der Waals surface area contributed by atoms with Crippen LogP contribution in [0.25, 0.3) is 0 Å². The number of rotatable bonds is 6. The van der Waals surface area contributed by atoms with E-state index in [1.807, 2.05) is 0 Å². The van der Waals surface area contributed by atoms with Gasteiger partial charge in [-0.15, -0.1) is 0 Å². The van der Waals surface area contributed by atoms with Gasteiger partial charge in [0.2, 0.25) is 0 Å². The molecule has 0 bridgehead atoms. The average Bonchev–Trinajstić information content (AvgIpc) is 3.08. The summed E-state index contributed by atoms with van der Waals surface area (Å²) < 4.78 is 0. The van der Waals surface area contributed by atoms with Crippen LogP contribution in [0.2, 0.25) is 0 Å². The molecule has 0 aromatic carbocycles. The zero-order valence-corrected chi connectivity index (χ0v) is 20.8. The maximum Gasteiger partial charge on any atom is 0 e. The highest BCUT2D eigenvalue weighted by atomic mass is 14.5. The molecule has 0 saturated heterocycles. The van der Waals surface area contributed by atoms with Crippen molar-refractivity contribution < 1.29 is 1.43 Å². The topological polar surface area (TPSA) is 0 Å². The van der Waals surface area contributed by atoms with Gasteiger partial charge >= 0.3 is 0 Å². The Kier molecular flexibility index (Phi) is 7.92. The minimum absolute atomic E-state index is 0. The number of hydrogen-bond donors (Lipinski definition) is 0. The lowest BCUT2D eigenvalue weighted by molar-refractivity contribution is 0.112. The molecule has 0 amide bonds. The monoisotopic (exact) mass is 410 g/mol. The van der Waals surface area contributed by atoms with E-state index in [2.05, 4.69) is 72.4 Å². The molecule has 0 spiro atoms. The fraction of sp³-hybridized carbons (Fsp3) is 0.733. The van der Waals surface area contributed by atoms with Gasteiger partial charge in [-0.1, -0.05) is 90.0 Å². The quantitative estimate of drug-likeness (QED) is 0.382. The van der Waals surface area contributed by atoms with E-state index in [1.54, 1.807) is 11.1 Å². The Morgan fingerprint density at radius 3 is 2.53 bits per heavy atom. The van der Waals surface area contributed by atoms with E-state index in [-0.39, 0.29) is 1.43 Å². The van der Waals surface area contributed by atoms with Gasteiger partial charge in [-0.2, -0.15) is 0 Å². The summed E-state index contributed by atoms with van der Waals surface area (Å²) in [5.74, 6) is 4.62. The highest BCUT2D eigenvalue weighted by molar-refractivity contribution is 5.36. The molecule has 0 heteroatoms. The second-order valence-electron chi connectivity index (χ2n) is 11.5. The molecular weight excluding hydrogens is 360 g/mol. The zero-order valence-electron chi connectivity index (χ0n) is 20.8. The molecule has 170 valence electrons. The predicted molar refractivity (Wildman–Crippen MR) is 136 cm³/mol. The average molecular weight is 411 g/mol. The first-order valence-electron chi connectivity index (χ1n) is 13.0. The summed E-state index contributed by atoms with van der Waals surface area (Å²) in [5.41, 5.74) is 5.18. The maximum absolute atomic E-state index is 4.39. The van der Waals surface area contributed by atoms with Gasteiger partial charge in [0.15, 0.2) is 0 Å². The van der Waals surface area contributed by atoms with Crippen LogP contribution in [0.1, 0.15) is 101 Å². The highest BCUT2D eigenvalue weighted by Crippen LogP contribution is 2.59. The third kappa shape index (κ3) is 5.05. The first-order valence-corrected chi connectivity index (χ1v) is 13.0. The van der Waals surface area contributed by atoms with Crippen molar-refractivity contribution in [3.8, 4) is 0 Å². The van der Waals surface area contributed by atoms with Gasteiger partial charge in [0.1, 0.15) is 0 Å². The minimum atomic E-state index is 0. The SMILES string of the molecule is C=C1CC[C@H](CC)C/C1=C/C=C1\CCC[C@]2(C)[C@@H]([C@H](C)/C=C/[C@H](C)C(C)C)CC[C@@H]12.[HH]. The van der Waals surface area contributed by atoms with Gasteiger partial charge in [0.05, 0.1) is 0 Å². The molecule has 0 heterocycles. The Morgan fingerprint density at radius 2 is 1.83 bits per heavy atom. The Hall–Kier alpha value is -1.04. The van der Waals surface area contributed by atoms with Crippen LogP contribution >= 0.6 is 0 Å². The third-order valence-electron chi connectivity index (χ3n) is 9.34. The van der Waals surface area contributed by atoms with Gasteiger partial charge < -0.3 is 0 Å². The summed E-state index contributed by atoms with van der Waals surface area (Å²) in [5, 5.41) is 0. The number of hydrogen-bond acceptors (Lipinski definition) is 0. The van der Waals surface area contributed by atoms with E-state index >= 15 is 0 Å². The summed E-state index contributed by atoms with van der Waals surface area (Å²) >= 11 is 0. The van der Waals surface area contributed by atoms with Gasteiger partial charge in [-0.05, 0) is 97.9 Å². The number of allylic oxidation sites excluding steroid dienone is 7. The van der Waals surface area contributed by atoms with Crippen molar-refractivity contribution in [2.24, 2.45) is 40.9 Å². The van der Waals surface area contributed by atoms with Crippen LogP contribution < -0.4 is 0 Å². The molecule has 30 heavy (non-hydrogen) atoms.